The van der Waals surface area contributed by atoms with Gasteiger partial charge >= 0.3 is 0 Å². The van der Waals surface area contributed by atoms with E-state index in [1.54, 1.807) is 13.2 Å². The summed E-state index contributed by atoms with van der Waals surface area (Å²) in [6.45, 7) is 4.69. The minimum absolute atomic E-state index is 0.0895. The SMILES string of the molecule is COC1=C2C(=CC=CC1)CCN=C2C=CC(=O)N1CCCC(C)C1. The van der Waals surface area contributed by atoms with Crippen molar-refractivity contribution in [2.24, 2.45) is 10.9 Å². The van der Waals surface area contributed by atoms with Crippen molar-refractivity contribution >= 4 is 11.6 Å². The Bertz CT molecular complexity index is 653. The number of amides is 1. The molecule has 0 bridgehead atoms. The predicted molar refractivity (Wildman–Crippen MR) is 96.9 cm³/mol. The van der Waals surface area contributed by atoms with Crippen LogP contribution in [0.5, 0.6) is 0 Å². The molecule has 3 rings (SSSR count). The molecule has 0 N–H and O–H groups in total. The van der Waals surface area contributed by atoms with Crippen LogP contribution in [0.25, 0.3) is 0 Å². The second-order valence-electron chi connectivity index (χ2n) is 6.71. The summed E-state index contributed by atoms with van der Waals surface area (Å²) in [5.74, 6) is 1.61. The molecular formula is C20H26N2O2. The van der Waals surface area contributed by atoms with Crippen LogP contribution in [-0.4, -0.2) is 43.3 Å². The van der Waals surface area contributed by atoms with E-state index in [0.717, 1.165) is 55.9 Å². The van der Waals surface area contributed by atoms with Gasteiger partial charge in [0.15, 0.2) is 0 Å². The van der Waals surface area contributed by atoms with Gasteiger partial charge in [0, 0.05) is 37.7 Å². The number of likely N-dealkylation sites (tertiary alicyclic amines) is 1. The van der Waals surface area contributed by atoms with Crippen molar-refractivity contribution in [3.63, 3.8) is 0 Å². The number of methoxy groups -OCH3 is 1. The molecule has 1 unspecified atom stereocenters. The van der Waals surface area contributed by atoms with E-state index in [1.807, 2.05) is 11.0 Å². The first kappa shape index (κ1) is 16.7. The summed E-state index contributed by atoms with van der Waals surface area (Å²) in [5.41, 5.74) is 3.17. The number of nitrogens with zero attached hydrogens (tertiary/aromatic N) is 2. The molecule has 4 nitrogen and oxygen atoms in total. The van der Waals surface area contributed by atoms with Crippen LogP contribution < -0.4 is 0 Å². The Morgan fingerprint density at radius 1 is 1.46 bits per heavy atom. The zero-order valence-corrected chi connectivity index (χ0v) is 14.6. The maximum absolute atomic E-state index is 12.5. The third-order valence-corrected chi connectivity index (χ3v) is 4.85. The van der Waals surface area contributed by atoms with E-state index >= 15 is 0 Å². The van der Waals surface area contributed by atoms with E-state index in [0.29, 0.717) is 5.92 Å². The van der Waals surface area contributed by atoms with Gasteiger partial charge in [0.05, 0.1) is 12.8 Å². The molecule has 0 aromatic carbocycles. The second kappa shape index (κ2) is 7.65. The lowest BCUT2D eigenvalue weighted by molar-refractivity contribution is -0.127. The van der Waals surface area contributed by atoms with Crippen LogP contribution in [0.15, 0.2) is 52.3 Å². The van der Waals surface area contributed by atoms with Crippen LogP contribution in [0.2, 0.25) is 0 Å². The highest BCUT2D eigenvalue weighted by Gasteiger charge is 2.22. The number of fused-ring (bicyclic) bond motifs is 1. The summed E-state index contributed by atoms with van der Waals surface area (Å²) >= 11 is 0. The number of allylic oxidation sites excluding steroid dienone is 5. The first-order valence-electron chi connectivity index (χ1n) is 8.84. The van der Waals surface area contributed by atoms with E-state index in [1.165, 1.54) is 12.0 Å². The molecule has 0 saturated carbocycles. The Labute approximate surface area is 144 Å². The topological polar surface area (TPSA) is 41.9 Å². The predicted octanol–water partition coefficient (Wildman–Crippen LogP) is 3.43. The van der Waals surface area contributed by atoms with Gasteiger partial charge in [-0.2, -0.15) is 0 Å². The molecule has 1 amide bonds. The van der Waals surface area contributed by atoms with E-state index in [9.17, 15) is 4.79 Å². The van der Waals surface area contributed by atoms with Crippen molar-refractivity contribution in [1.82, 2.24) is 4.90 Å². The largest absolute Gasteiger partial charge is 0.500 e. The van der Waals surface area contributed by atoms with Crippen LogP contribution in [-0.2, 0) is 9.53 Å². The van der Waals surface area contributed by atoms with Gasteiger partial charge in [0.1, 0.15) is 5.76 Å². The van der Waals surface area contributed by atoms with E-state index in [2.05, 4.69) is 30.1 Å². The number of piperidine rings is 1. The smallest absolute Gasteiger partial charge is 0.246 e. The number of ether oxygens (including phenoxy) is 1. The van der Waals surface area contributed by atoms with E-state index in [-0.39, 0.29) is 5.91 Å². The molecule has 3 aliphatic rings. The highest BCUT2D eigenvalue weighted by molar-refractivity contribution is 6.14. The Morgan fingerprint density at radius 2 is 2.33 bits per heavy atom. The quantitative estimate of drug-likeness (QED) is 0.746. The molecule has 0 aromatic rings. The molecule has 1 aliphatic carbocycles. The fraction of sp³-hybridized carbons (Fsp3) is 0.500. The molecule has 2 aliphatic heterocycles. The van der Waals surface area contributed by atoms with Crippen molar-refractivity contribution in [2.75, 3.05) is 26.7 Å². The average Bonchev–Trinajstić information content (AvgIpc) is 2.82. The normalized spacial score (nSPS) is 24.4. The van der Waals surface area contributed by atoms with Crippen molar-refractivity contribution in [3.8, 4) is 0 Å². The van der Waals surface area contributed by atoms with Crippen molar-refractivity contribution in [1.29, 1.82) is 0 Å². The highest BCUT2D eigenvalue weighted by atomic mass is 16.5. The third kappa shape index (κ3) is 3.69. The van der Waals surface area contributed by atoms with Crippen LogP contribution in [0.1, 0.15) is 32.6 Å². The Hall–Kier alpha value is -2.10. The molecule has 1 atom stereocenters. The molecule has 0 aromatic heterocycles. The minimum Gasteiger partial charge on any atom is -0.500 e. The van der Waals surface area contributed by atoms with Crippen molar-refractivity contribution in [3.05, 3.63) is 47.3 Å². The van der Waals surface area contributed by atoms with Gasteiger partial charge in [-0.05, 0) is 36.8 Å². The van der Waals surface area contributed by atoms with Crippen molar-refractivity contribution < 1.29 is 9.53 Å². The maximum Gasteiger partial charge on any atom is 0.246 e. The summed E-state index contributed by atoms with van der Waals surface area (Å²) < 4.78 is 5.59. The lowest BCUT2D eigenvalue weighted by Gasteiger charge is -2.30. The summed E-state index contributed by atoms with van der Waals surface area (Å²) in [7, 11) is 1.70. The molecule has 1 saturated heterocycles. The fourth-order valence-electron chi connectivity index (χ4n) is 3.58. The summed E-state index contributed by atoms with van der Waals surface area (Å²) in [5, 5.41) is 0. The summed E-state index contributed by atoms with van der Waals surface area (Å²) in [6, 6.07) is 0. The van der Waals surface area contributed by atoms with Crippen LogP contribution in [0.4, 0.5) is 0 Å². The fourth-order valence-corrected chi connectivity index (χ4v) is 3.58. The molecule has 24 heavy (non-hydrogen) atoms. The van der Waals surface area contributed by atoms with E-state index in [4.69, 9.17) is 4.74 Å². The van der Waals surface area contributed by atoms with Gasteiger partial charge in [0.25, 0.3) is 0 Å². The van der Waals surface area contributed by atoms with Crippen LogP contribution in [0.3, 0.4) is 0 Å². The third-order valence-electron chi connectivity index (χ3n) is 4.85. The van der Waals surface area contributed by atoms with Gasteiger partial charge in [0.2, 0.25) is 5.91 Å². The zero-order valence-electron chi connectivity index (χ0n) is 14.6. The molecule has 2 heterocycles. The summed E-state index contributed by atoms with van der Waals surface area (Å²) in [6.07, 6.45) is 13.8. The number of carbonyl (C=O) groups is 1. The molecule has 1 fully saturated rings. The lowest BCUT2D eigenvalue weighted by atomic mass is 9.93. The number of aliphatic imine (C=N–C) groups is 1. The van der Waals surface area contributed by atoms with Gasteiger partial charge in [-0.15, -0.1) is 0 Å². The number of hydrogen-bond donors (Lipinski definition) is 0. The molecule has 0 radical (unpaired) electrons. The van der Waals surface area contributed by atoms with Crippen LogP contribution in [0, 0.1) is 5.92 Å². The van der Waals surface area contributed by atoms with E-state index < -0.39 is 0 Å². The highest BCUT2D eigenvalue weighted by Crippen LogP contribution is 2.29. The lowest BCUT2D eigenvalue weighted by Crippen LogP contribution is -2.38. The average molecular weight is 326 g/mol. The number of rotatable bonds is 3. The molecule has 4 heteroatoms. The Balaban J connectivity index is 1.79. The van der Waals surface area contributed by atoms with Gasteiger partial charge < -0.3 is 9.64 Å². The standard InChI is InChI=1S/C20H26N2O2/c1-15-6-5-13-22(14-15)19(23)10-9-17-20-16(11-12-21-17)7-3-4-8-18(20)24-2/h3-4,7,9-10,15H,5-6,8,11-14H2,1-2H3. The van der Waals surface area contributed by atoms with Gasteiger partial charge in [-0.3, -0.25) is 9.79 Å². The minimum atomic E-state index is 0.0895. The molecule has 128 valence electrons. The first-order valence-corrected chi connectivity index (χ1v) is 8.84. The van der Waals surface area contributed by atoms with Crippen LogP contribution >= 0.6 is 0 Å². The molecular weight excluding hydrogens is 300 g/mol. The first-order chi connectivity index (χ1) is 11.7. The van der Waals surface area contributed by atoms with Crippen molar-refractivity contribution in [2.45, 2.75) is 32.6 Å². The monoisotopic (exact) mass is 326 g/mol. The number of hydrogen-bond acceptors (Lipinski definition) is 3. The van der Waals surface area contributed by atoms with Gasteiger partial charge in [-0.1, -0.05) is 25.2 Å². The Kier molecular flexibility index (Phi) is 5.34. The Morgan fingerprint density at radius 3 is 3.12 bits per heavy atom. The zero-order chi connectivity index (χ0) is 16.9. The second-order valence-corrected chi connectivity index (χ2v) is 6.71. The number of carbonyl (C=O) groups excluding carboxylic acids is 1. The summed E-state index contributed by atoms with van der Waals surface area (Å²) in [4.78, 5) is 19.1. The van der Waals surface area contributed by atoms with Gasteiger partial charge in [-0.25, -0.2) is 0 Å². The molecule has 0 spiro atoms. The maximum atomic E-state index is 12.5.